The molecule has 1 spiro atoms. The smallest absolute Gasteiger partial charge is 0.109 e. The lowest BCUT2D eigenvalue weighted by molar-refractivity contribution is -0.189. The zero-order valence-electron chi connectivity index (χ0n) is 11.7. The van der Waals surface area contributed by atoms with Crippen LogP contribution in [0.25, 0.3) is 0 Å². The third-order valence-corrected chi connectivity index (χ3v) is 6.08. The number of aliphatic hydroxyl groups excluding tert-OH is 1. The van der Waals surface area contributed by atoms with Crippen LogP contribution in [0.2, 0.25) is 0 Å². The van der Waals surface area contributed by atoms with Gasteiger partial charge < -0.3 is 14.9 Å². The normalized spacial score (nSPS) is 55.7. The van der Waals surface area contributed by atoms with Gasteiger partial charge in [-0.1, -0.05) is 13.8 Å². The van der Waals surface area contributed by atoms with Crippen molar-refractivity contribution in [3.8, 4) is 0 Å². The Morgan fingerprint density at radius 1 is 1.22 bits per heavy atom. The van der Waals surface area contributed by atoms with Gasteiger partial charge in [0.15, 0.2) is 0 Å². The molecular formula is C15H26O3. The fraction of sp³-hybridized carbons (Fsp3) is 1.00. The summed E-state index contributed by atoms with van der Waals surface area (Å²) < 4.78 is 5.93. The van der Waals surface area contributed by atoms with Crippen LogP contribution in [0.3, 0.4) is 0 Å². The molecule has 3 rings (SSSR count). The van der Waals surface area contributed by atoms with E-state index in [-0.39, 0.29) is 11.5 Å². The summed E-state index contributed by atoms with van der Waals surface area (Å²) >= 11 is 0. The minimum absolute atomic E-state index is 0.135. The lowest BCUT2D eigenvalue weighted by atomic mass is 9.57. The van der Waals surface area contributed by atoms with Crippen LogP contribution >= 0.6 is 0 Å². The van der Waals surface area contributed by atoms with Crippen LogP contribution in [0.5, 0.6) is 0 Å². The summed E-state index contributed by atoms with van der Waals surface area (Å²) in [7, 11) is 0. The Morgan fingerprint density at radius 3 is 2.61 bits per heavy atom. The molecule has 3 heteroatoms. The van der Waals surface area contributed by atoms with Gasteiger partial charge in [-0.3, -0.25) is 0 Å². The van der Waals surface area contributed by atoms with Gasteiger partial charge in [0.1, 0.15) is 6.10 Å². The van der Waals surface area contributed by atoms with Crippen LogP contribution < -0.4 is 0 Å². The van der Waals surface area contributed by atoms with E-state index in [4.69, 9.17) is 4.74 Å². The Kier molecular flexibility index (Phi) is 2.82. The molecule has 0 radical (unpaired) electrons. The molecule has 0 bridgehead atoms. The van der Waals surface area contributed by atoms with Crippen LogP contribution in [-0.4, -0.2) is 34.6 Å². The molecule has 6 atom stereocenters. The molecule has 0 amide bonds. The van der Waals surface area contributed by atoms with Crippen molar-refractivity contribution in [2.24, 2.45) is 23.2 Å². The highest BCUT2D eigenvalue weighted by Gasteiger charge is 2.65. The van der Waals surface area contributed by atoms with Crippen LogP contribution in [0, 0.1) is 23.2 Å². The third kappa shape index (κ3) is 1.47. The van der Waals surface area contributed by atoms with Crippen molar-refractivity contribution in [3.05, 3.63) is 0 Å². The highest BCUT2D eigenvalue weighted by Crippen LogP contribution is 2.63. The van der Waals surface area contributed by atoms with Crippen LogP contribution in [0.15, 0.2) is 0 Å². The summed E-state index contributed by atoms with van der Waals surface area (Å²) in [6.45, 7) is 7.11. The first-order chi connectivity index (χ1) is 8.39. The Labute approximate surface area is 110 Å². The molecule has 2 aliphatic carbocycles. The first kappa shape index (κ1) is 12.9. The predicted molar refractivity (Wildman–Crippen MR) is 69.1 cm³/mol. The second-order valence-corrected chi connectivity index (χ2v) is 7.29. The van der Waals surface area contributed by atoms with Crippen molar-refractivity contribution in [2.45, 2.75) is 64.3 Å². The molecule has 0 aromatic rings. The minimum Gasteiger partial charge on any atom is -0.387 e. The molecule has 1 aliphatic heterocycles. The molecule has 1 heterocycles. The predicted octanol–water partition coefficient (Wildman–Crippen LogP) is 1.96. The van der Waals surface area contributed by atoms with Crippen molar-refractivity contribution in [2.75, 3.05) is 6.61 Å². The molecule has 0 aromatic carbocycles. The Hall–Kier alpha value is -0.120. The molecule has 3 nitrogen and oxygen atoms in total. The van der Waals surface area contributed by atoms with Gasteiger partial charge in [0.25, 0.3) is 0 Å². The molecule has 0 aromatic heterocycles. The van der Waals surface area contributed by atoms with Gasteiger partial charge in [0.05, 0.1) is 18.3 Å². The fourth-order valence-electron chi connectivity index (χ4n) is 5.09. The third-order valence-electron chi connectivity index (χ3n) is 6.08. The standard InChI is InChI=1S/C15H26O3/c1-9(2)11-5-4-10-8-18-13-12(16)14(3,17)6-7-15(10,11)13/h9-13,16-17H,4-8H2,1-3H3/t10-,11+,12+,13-,14-,15-/m1/s1. The van der Waals surface area contributed by atoms with E-state index in [1.165, 1.54) is 12.8 Å². The maximum Gasteiger partial charge on any atom is 0.109 e. The SMILES string of the molecule is CC(C)[C@@H]1CC[C@@H]2CO[C@@H]3[C@H](O)[C@](C)(O)CC[C@]231. The number of rotatable bonds is 1. The summed E-state index contributed by atoms with van der Waals surface area (Å²) in [5, 5.41) is 20.8. The average Bonchev–Trinajstić information content (AvgIpc) is 2.79. The minimum atomic E-state index is -0.977. The Morgan fingerprint density at radius 2 is 1.94 bits per heavy atom. The lowest BCUT2D eigenvalue weighted by Crippen LogP contribution is -2.59. The summed E-state index contributed by atoms with van der Waals surface area (Å²) in [5.41, 5.74) is -0.843. The molecule has 3 aliphatic rings. The molecule has 104 valence electrons. The van der Waals surface area contributed by atoms with Crippen molar-refractivity contribution in [1.29, 1.82) is 0 Å². The van der Waals surface area contributed by atoms with Crippen LogP contribution in [0.4, 0.5) is 0 Å². The monoisotopic (exact) mass is 254 g/mol. The van der Waals surface area contributed by atoms with Gasteiger partial charge in [-0.15, -0.1) is 0 Å². The topological polar surface area (TPSA) is 49.7 Å². The summed E-state index contributed by atoms with van der Waals surface area (Å²) in [6.07, 6.45) is 3.32. The highest BCUT2D eigenvalue weighted by molar-refractivity contribution is 5.14. The van der Waals surface area contributed by atoms with E-state index in [0.29, 0.717) is 24.2 Å². The van der Waals surface area contributed by atoms with Crippen LogP contribution in [-0.2, 0) is 4.74 Å². The van der Waals surface area contributed by atoms with E-state index >= 15 is 0 Å². The Balaban J connectivity index is 1.97. The number of ether oxygens (including phenoxy) is 1. The van der Waals surface area contributed by atoms with E-state index in [0.717, 1.165) is 13.0 Å². The molecule has 3 fully saturated rings. The second-order valence-electron chi connectivity index (χ2n) is 7.29. The Bertz CT molecular complexity index is 339. The summed E-state index contributed by atoms with van der Waals surface area (Å²) in [4.78, 5) is 0. The van der Waals surface area contributed by atoms with Gasteiger partial charge >= 0.3 is 0 Å². The van der Waals surface area contributed by atoms with Crippen LogP contribution in [0.1, 0.15) is 46.5 Å². The van der Waals surface area contributed by atoms with Gasteiger partial charge in [0.2, 0.25) is 0 Å². The van der Waals surface area contributed by atoms with E-state index in [1.807, 2.05) is 0 Å². The average molecular weight is 254 g/mol. The largest absolute Gasteiger partial charge is 0.387 e. The van der Waals surface area contributed by atoms with E-state index in [1.54, 1.807) is 6.92 Å². The zero-order valence-corrected chi connectivity index (χ0v) is 11.7. The molecular weight excluding hydrogens is 228 g/mol. The van der Waals surface area contributed by atoms with Crippen molar-refractivity contribution < 1.29 is 14.9 Å². The first-order valence-corrected chi connectivity index (χ1v) is 7.41. The summed E-state index contributed by atoms with van der Waals surface area (Å²) in [5.74, 6) is 1.87. The lowest BCUT2D eigenvalue weighted by Gasteiger charge is -2.51. The number of hydrogen-bond donors (Lipinski definition) is 2. The second kappa shape index (κ2) is 3.94. The van der Waals surface area contributed by atoms with Gasteiger partial charge in [-0.25, -0.2) is 0 Å². The first-order valence-electron chi connectivity index (χ1n) is 7.41. The number of aliphatic hydroxyl groups is 2. The molecule has 1 saturated heterocycles. The fourth-order valence-corrected chi connectivity index (χ4v) is 5.09. The van der Waals surface area contributed by atoms with Crippen molar-refractivity contribution >= 4 is 0 Å². The maximum absolute atomic E-state index is 10.5. The maximum atomic E-state index is 10.5. The molecule has 0 unspecified atom stereocenters. The zero-order chi connectivity index (χ0) is 13.1. The van der Waals surface area contributed by atoms with Crippen molar-refractivity contribution in [3.63, 3.8) is 0 Å². The van der Waals surface area contributed by atoms with E-state index in [2.05, 4.69) is 13.8 Å². The van der Waals surface area contributed by atoms with E-state index < -0.39 is 11.7 Å². The molecule has 2 N–H and O–H groups in total. The molecule has 2 saturated carbocycles. The molecule has 18 heavy (non-hydrogen) atoms. The summed E-state index contributed by atoms with van der Waals surface area (Å²) in [6, 6.07) is 0. The number of hydrogen-bond acceptors (Lipinski definition) is 3. The van der Waals surface area contributed by atoms with Gasteiger partial charge in [-0.2, -0.15) is 0 Å². The van der Waals surface area contributed by atoms with Crippen molar-refractivity contribution in [1.82, 2.24) is 0 Å². The van der Waals surface area contributed by atoms with Gasteiger partial charge in [-0.05, 0) is 50.4 Å². The van der Waals surface area contributed by atoms with E-state index in [9.17, 15) is 10.2 Å². The quantitative estimate of drug-likeness (QED) is 0.752. The highest BCUT2D eigenvalue weighted by atomic mass is 16.5. The van der Waals surface area contributed by atoms with Gasteiger partial charge in [0, 0.05) is 5.41 Å².